The molecule has 5 nitrogen and oxygen atoms in total. The van der Waals surface area contributed by atoms with Crippen molar-refractivity contribution in [3.8, 4) is 11.5 Å². The van der Waals surface area contributed by atoms with Crippen LogP contribution in [0.15, 0.2) is 75.8 Å². The average Bonchev–Trinajstić information content (AvgIpc) is 3.13. The molecular formula is C24H16BrFINO4. The molecule has 0 bridgehead atoms. The molecule has 0 unspecified atom stereocenters. The van der Waals surface area contributed by atoms with E-state index in [2.05, 4.69) is 43.5 Å². The first-order valence-corrected chi connectivity index (χ1v) is 11.3. The predicted octanol–water partition coefficient (Wildman–Crippen LogP) is 6.12. The van der Waals surface area contributed by atoms with E-state index >= 15 is 0 Å². The Kier molecular flexibility index (Phi) is 6.90. The lowest BCUT2D eigenvalue weighted by atomic mass is 10.1. The number of benzene rings is 3. The van der Waals surface area contributed by atoms with Crippen LogP contribution in [0.2, 0.25) is 0 Å². The van der Waals surface area contributed by atoms with Gasteiger partial charge in [0.25, 0.3) is 0 Å². The Hall–Kier alpha value is -2.72. The topological polar surface area (TPSA) is 57.1 Å². The number of cyclic esters (lactones) is 1. The minimum absolute atomic E-state index is 0.136. The maximum atomic E-state index is 13.1. The van der Waals surface area contributed by atoms with Crippen LogP contribution in [0.5, 0.6) is 11.5 Å². The monoisotopic (exact) mass is 607 g/mol. The van der Waals surface area contributed by atoms with E-state index in [9.17, 15) is 9.18 Å². The number of carbonyl (C=O) groups is 1. The molecule has 0 atom stereocenters. The summed E-state index contributed by atoms with van der Waals surface area (Å²) >= 11 is 5.62. The van der Waals surface area contributed by atoms with Crippen molar-refractivity contribution >= 4 is 56.5 Å². The van der Waals surface area contributed by atoms with Gasteiger partial charge in [-0.1, -0.05) is 28.1 Å². The van der Waals surface area contributed by atoms with Gasteiger partial charge in [-0.15, -0.1) is 0 Å². The standard InChI is InChI=1S/C24H16BrFINO4/c1-30-21-12-15(10-19(27)22(21)31-13-14-3-2-4-17(25)9-14)11-20-24(29)32-23(28-20)16-5-7-18(26)8-6-16/h2-12H,13H2,1H3. The molecule has 1 aliphatic rings. The second-order valence-electron chi connectivity index (χ2n) is 6.80. The van der Waals surface area contributed by atoms with Crippen molar-refractivity contribution < 1.29 is 23.4 Å². The van der Waals surface area contributed by atoms with Gasteiger partial charge in [0.2, 0.25) is 5.90 Å². The van der Waals surface area contributed by atoms with E-state index in [1.807, 2.05) is 30.3 Å². The highest BCUT2D eigenvalue weighted by Gasteiger charge is 2.24. The zero-order valence-corrected chi connectivity index (χ0v) is 20.5. The second kappa shape index (κ2) is 9.83. The third-order valence-electron chi connectivity index (χ3n) is 4.54. The van der Waals surface area contributed by atoms with Crippen molar-refractivity contribution in [2.45, 2.75) is 6.61 Å². The summed E-state index contributed by atoms with van der Waals surface area (Å²) in [6.45, 7) is 0.379. The lowest BCUT2D eigenvalue weighted by Crippen LogP contribution is -2.05. The lowest BCUT2D eigenvalue weighted by Gasteiger charge is -2.14. The molecule has 4 rings (SSSR count). The number of carbonyl (C=O) groups excluding carboxylic acids is 1. The normalized spacial score (nSPS) is 14.3. The summed E-state index contributed by atoms with van der Waals surface area (Å²) < 4.78 is 31.7. The molecule has 0 amide bonds. The molecule has 32 heavy (non-hydrogen) atoms. The van der Waals surface area contributed by atoms with Gasteiger partial charge in [0.1, 0.15) is 12.4 Å². The van der Waals surface area contributed by atoms with E-state index in [1.165, 1.54) is 24.3 Å². The smallest absolute Gasteiger partial charge is 0.363 e. The highest BCUT2D eigenvalue weighted by molar-refractivity contribution is 14.1. The lowest BCUT2D eigenvalue weighted by molar-refractivity contribution is -0.129. The van der Waals surface area contributed by atoms with Crippen LogP contribution in [-0.2, 0) is 16.1 Å². The van der Waals surface area contributed by atoms with Gasteiger partial charge in [0.15, 0.2) is 17.2 Å². The molecule has 0 saturated carbocycles. The first-order chi connectivity index (χ1) is 15.4. The summed E-state index contributed by atoms with van der Waals surface area (Å²) in [4.78, 5) is 16.5. The summed E-state index contributed by atoms with van der Waals surface area (Å²) in [5.74, 6) is 0.330. The summed E-state index contributed by atoms with van der Waals surface area (Å²) in [5, 5.41) is 0. The molecule has 0 aliphatic carbocycles. The SMILES string of the molecule is COc1cc(C=C2N=C(c3ccc(F)cc3)OC2=O)cc(I)c1OCc1cccc(Br)c1. The van der Waals surface area contributed by atoms with Crippen LogP contribution in [-0.4, -0.2) is 19.0 Å². The average molecular weight is 608 g/mol. The largest absolute Gasteiger partial charge is 0.493 e. The third-order valence-corrected chi connectivity index (χ3v) is 5.83. The number of methoxy groups -OCH3 is 1. The van der Waals surface area contributed by atoms with Crippen molar-refractivity contribution in [2.75, 3.05) is 7.11 Å². The molecule has 8 heteroatoms. The summed E-state index contributed by atoms with van der Waals surface area (Å²) in [6.07, 6.45) is 1.61. The first kappa shape index (κ1) is 22.5. The van der Waals surface area contributed by atoms with Crippen LogP contribution in [0.1, 0.15) is 16.7 Å². The summed E-state index contributed by atoms with van der Waals surface area (Å²) in [5.41, 5.74) is 2.38. The minimum atomic E-state index is -0.576. The molecule has 1 aliphatic heterocycles. The molecule has 162 valence electrons. The van der Waals surface area contributed by atoms with Crippen molar-refractivity contribution in [3.05, 3.63) is 96.9 Å². The fraction of sp³-hybridized carbons (Fsp3) is 0.0833. The van der Waals surface area contributed by atoms with Gasteiger partial charge in [0, 0.05) is 10.0 Å². The highest BCUT2D eigenvalue weighted by atomic mass is 127. The van der Waals surface area contributed by atoms with Gasteiger partial charge in [-0.05, 0) is 88.3 Å². The van der Waals surface area contributed by atoms with Crippen LogP contribution in [0.25, 0.3) is 6.08 Å². The van der Waals surface area contributed by atoms with Gasteiger partial charge in [0.05, 0.1) is 10.7 Å². The van der Waals surface area contributed by atoms with E-state index in [1.54, 1.807) is 19.3 Å². The molecule has 3 aromatic carbocycles. The minimum Gasteiger partial charge on any atom is -0.493 e. The summed E-state index contributed by atoms with van der Waals surface area (Å²) in [7, 11) is 1.56. The third kappa shape index (κ3) is 5.18. The molecule has 3 aromatic rings. The van der Waals surface area contributed by atoms with E-state index in [0.29, 0.717) is 29.2 Å². The van der Waals surface area contributed by atoms with Crippen molar-refractivity contribution in [2.24, 2.45) is 4.99 Å². The molecule has 0 saturated heterocycles. The zero-order valence-electron chi connectivity index (χ0n) is 16.8. The van der Waals surface area contributed by atoms with Crippen LogP contribution in [0.3, 0.4) is 0 Å². The Morgan fingerprint density at radius 2 is 1.94 bits per heavy atom. The van der Waals surface area contributed by atoms with E-state index in [4.69, 9.17) is 14.2 Å². The number of hydrogen-bond donors (Lipinski definition) is 0. The molecule has 1 heterocycles. The van der Waals surface area contributed by atoms with Gasteiger partial charge in [-0.3, -0.25) is 0 Å². The Labute approximate surface area is 206 Å². The number of halogens is 3. The Morgan fingerprint density at radius 3 is 2.66 bits per heavy atom. The zero-order chi connectivity index (χ0) is 22.7. The molecule has 0 radical (unpaired) electrons. The van der Waals surface area contributed by atoms with Crippen LogP contribution in [0, 0.1) is 9.39 Å². The quantitative estimate of drug-likeness (QED) is 0.192. The Bertz CT molecular complexity index is 1240. The number of esters is 1. The molecule has 0 N–H and O–H groups in total. The number of ether oxygens (including phenoxy) is 3. The van der Waals surface area contributed by atoms with Gasteiger partial charge in [-0.25, -0.2) is 14.2 Å². The van der Waals surface area contributed by atoms with Gasteiger partial charge >= 0.3 is 5.97 Å². The Morgan fingerprint density at radius 1 is 1.16 bits per heavy atom. The fourth-order valence-corrected chi connectivity index (χ4v) is 4.26. The van der Waals surface area contributed by atoms with Crippen molar-refractivity contribution in [1.29, 1.82) is 0 Å². The molecule has 0 spiro atoms. The number of aliphatic imine (C=N–C) groups is 1. The van der Waals surface area contributed by atoms with Crippen molar-refractivity contribution in [1.82, 2.24) is 0 Å². The highest BCUT2D eigenvalue weighted by Crippen LogP contribution is 2.35. The Balaban J connectivity index is 1.59. The number of rotatable bonds is 6. The fourth-order valence-electron chi connectivity index (χ4n) is 3.03. The molecular weight excluding hydrogens is 592 g/mol. The summed E-state index contributed by atoms with van der Waals surface area (Å²) in [6, 6.07) is 17.1. The van der Waals surface area contributed by atoms with E-state index in [-0.39, 0.29) is 17.4 Å². The number of hydrogen-bond acceptors (Lipinski definition) is 5. The van der Waals surface area contributed by atoms with Crippen LogP contribution in [0.4, 0.5) is 4.39 Å². The van der Waals surface area contributed by atoms with Crippen LogP contribution < -0.4 is 9.47 Å². The van der Waals surface area contributed by atoms with Gasteiger partial charge < -0.3 is 14.2 Å². The predicted molar refractivity (Wildman–Crippen MR) is 131 cm³/mol. The maximum absolute atomic E-state index is 13.1. The molecule has 0 fully saturated rings. The van der Waals surface area contributed by atoms with E-state index in [0.717, 1.165) is 13.6 Å². The number of nitrogens with zero attached hydrogens (tertiary/aromatic N) is 1. The van der Waals surface area contributed by atoms with Gasteiger partial charge in [-0.2, -0.15) is 0 Å². The maximum Gasteiger partial charge on any atom is 0.363 e. The first-order valence-electron chi connectivity index (χ1n) is 9.46. The van der Waals surface area contributed by atoms with Crippen molar-refractivity contribution in [3.63, 3.8) is 0 Å². The second-order valence-corrected chi connectivity index (χ2v) is 8.87. The van der Waals surface area contributed by atoms with E-state index < -0.39 is 5.97 Å². The van der Waals surface area contributed by atoms with Crippen LogP contribution >= 0.6 is 38.5 Å². The molecule has 0 aromatic heterocycles.